The summed E-state index contributed by atoms with van der Waals surface area (Å²) >= 11 is 0. The smallest absolute Gasteiger partial charge is 0.674 e. The van der Waals surface area contributed by atoms with Gasteiger partial charge in [0.05, 0.1) is 12.7 Å². The molecule has 0 aliphatic carbocycles. The minimum atomic E-state index is -0.341. The number of carbonyl (C=O) groups is 1. The van der Waals surface area contributed by atoms with Crippen LogP contribution in [0.5, 0.6) is 0 Å². The average molecular weight is 425 g/mol. The second kappa shape index (κ2) is 10.5. The summed E-state index contributed by atoms with van der Waals surface area (Å²) in [5, 5.41) is 0. The number of carbonyl (C=O) groups excluding carboxylic acids is 1. The maximum atomic E-state index is 10.9. The van der Waals surface area contributed by atoms with E-state index in [4.69, 9.17) is 5.73 Å². The molecule has 2 aromatic rings. The molecule has 0 spiro atoms. The summed E-state index contributed by atoms with van der Waals surface area (Å²) in [5.41, 5.74) is 8.46. The van der Waals surface area contributed by atoms with Gasteiger partial charge in [-0.05, 0) is 12.1 Å². The third-order valence-electron chi connectivity index (χ3n) is 2.19. The zero-order valence-electron chi connectivity index (χ0n) is 10.6. The fourth-order valence-electron chi connectivity index (χ4n) is 1.22. The van der Waals surface area contributed by atoms with E-state index in [0.29, 0.717) is 5.56 Å². The van der Waals surface area contributed by atoms with Crippen LogP contribution in [-0.4, -0.2) is 13.1 Å². The maximum Gasteiger partial charge on any atom is 2.00 e. The molecule has 0 radical (unpaired) electrons. The SMILES string of the molecule is COC(=O)c1ccc(C[NH-])cc1.[W+2].[c-]1ccccc1. The van der Waals surface area contributed by atoms with Gasteiger partial charge in [-0.1, -0.05) is 17.7 Å². The van der Waals surface area contributed by atoms with Crippen LogP contribution in [0.3, 0.4) is 0 Å². The predicted octanol–water partition coefficient (Wildman–Crippen LogP) is 3.51. The van der Waals surface area contributed by atoms with Gasteiger partial charge in [0.2, 0.25) is 0 Å². The number of nitrogens with one attached hydrogen (secondary N) is 1. The Morgan fingerprint density at radius 2 is 1.74 bits per heavy atom. The van der Waals surface area contributed by atoms with E-state index in [1.165, 1.54) is 7.11 Å². The van der Waals surface area contributed by atoms with Gasteiger partial charge in [-0.15, -0.1) is 6.54 Å². The van der Waals surface area contributed by atoms with E-state index in [-0.39, 0.29) is 33.6 Å². The van der Waals surface area contributed by atoms with Gasteiger partial charge in [0.1, 0.15) is 0 Å². The zero-order valence-corrected chi connectivity index (χ0v) is 13.6. The molecule has 0 aromatic heterocycles. The van der Waals surface area contributed by atoms with Crippen LogP contribution in [0.4, 0.5) is 0 Å². The van der Waals surface area contributed by atoms with Gasteiger partial charge in [-0.2, -0.15) is 36.4 Å². The van der Waals surface area contributed by atoms with Crippen molar-refractivity contribution < 1.29 is 30.6 Å². The summed E-state index contributed by atoms with van der Waals surface area (Å²) in [6.45, 7) is 0.238. The predicted molar refractivity (Wildman–Crippen MR) is 71.1 cm³/mol. The molecule has 0 aliphatic rings. The first kappa shape index (κ1) is 17.6. The van der Waals surface area contributed by atoms with E-state index in [0.717, 1.165) is 5.56 Å². The third kappa shape index (κ3) is 6.90. The first-order valence-corrected chi connectivity index (χ1v) is 5.51. The first-order chi connectivity index (χ1) is 8.77. The number of methoxy groups -OCH3 is 1. The molecule has 4 heteroatoms. The summed E-state index contributed by atoms with van der Waals surface area (Å²) in [5.74, 6) is -0.341. The minimum Gasteiger partial charge on any atom is -0.674 e. The topological polar surface area (TPSA) is 50.1 Å². The quantitative estimate of drug-likeness (QED) is 0.547. The average Bonchev–Trinajstić information content (AvgIpc) is 2.49. The summed E-state index contributed by atoms with van der Waals surface area (Å²) < 4.78 is 4.52. The molecule has 1 N–H and O–H groups in total. The zero-order chi connectivity index (χ0) is 13.2. The molecule has 3 nitrogen and oxygen atoms in total. The molecule has 0 saturated carbocycles. The van der Waals surface area contributed by atoms with Gasteiger partial charge in [0.25, 0.3) is 0 Å². The van der Waals surface area contributed by atoms with Gasteiger partial charge < -0.3 is 10.5 Å². The molecular formula is C15H15NO2W. The van der Waals surface area contributed by atoms with Crippen molar-refractivity contribution in [3.63, 3.8) is 0 Å². The van der Waals surface area contributed by atoms with E-state index in [2.05, 4.69) is 10.8 Å². The van der Waals surface area contributed by atoms with Crippen molar-refractivity contribution >= 4 is 5.97 Å². The van der Waals surface area contributed by atoms with Gasteiger partial charge in [-0.3, -0.25) is 0 Å². The van der Waals surface area contributed by atoms with E-state index < -0.39 is 0 Å². The van der Waals surface area contributed by atoms with Crippen molar-refractivity contribution in [3.8, 4) is 0 Å². The second-order valence-electron chi connectivity index (χ2n) is 3.44. The van der Waals surface area contributed by atoms with E-state index in [1.54, 1.807) is 24.3 Å². The van der Waals surface area contributed by atoms with Gasteiger partial charge in [0, 0.05) is 0 Å². The van der Waals surface area contributed by atoms with Crippen LogP contribution in [-0.2, 0) is 32.3 Å². The van der Waals surface area contributed by atoms with Gasteiger partial charge in [-0.25, -0.2) is 4.79 Å². The Kier molecular flexibility index (Phi) is 9.68. The number of hydrogen-bond acceptors (Lipinski definition) is 2. The fourth-order valence-corrected chi connectivity index (χ4v) is 1.22. The Balaban J connectivity index is 0.000000392. The largest absolute Gasteiger partial charge is 2.00 e. The van der Waals surface area contributed by atoms with Crippen LogP contribution in [0.15, 0.2) is 54.6 Å². The Morgan fingerprint density at radius 1 is 1.16 bits per heavy atom. The first-order valence-electron chi connectivity index (χ1n) is 5.51. The summed E-state index contributed by atoms with van der Waals surface area (Å²) in [6, 6.07) is 19.3. The number of esters is 1. The van der Waals surface area contributed by atoms with Crippen LogP contribution < -0.4 is 0 Å². The molecule has 19 heavy (non-hydrogen) atoms. The van der Waals surface area contributed by atoms with Crippen LogP contribution >= 0.6 is 0 Å². The molecule has 0 fully saturated rings. The Bertz CT molecular complexity index is 431. The van der Waals surface area contributed by atoms with E-state index in [9.17, 15) is 4.79 Å². The summed E-state index contributed by atoms with van der Waals surface area (Å²) in [7, 11) is 1.35. The summed E-state index contributed by atoms with van der Waals surface area (Å²) in [4.78, 5) is 10.9. The van der Waals surface area contributed by atoms with Crippen LogP contribution in [0, 0.1) is 6.07 Å². The normalized spacial score (nSPS) is 8.53. The van der Waals surface area contributed by atoms with Gasteiger partial charge in [0.15, 0.2) is 0 Å². The standard InChI is InChI=1S/C9H10NO2.C6H5.W/c1-12-9(11)8-4-2-7(6-10)3-5-8;1-2-4-6-5-3-1;/h2-5,10H,6H2,1H3;1-5H;/q2*-1;+2. The van der Waals surface area contributed by atoms with Crippen molar-refractivity contribution in [2.45, 2.75) is 6.54 Å². The third-order valence-corrected chi connectivity index (χ3v) is 2.19. The van der Waals surface area contributed by atoms with Crippen molar-refractivity contribution in [2.24, 2.45) is 0 Å². The Labute approximate surface area is 128 Å². The molecule has 0 aliphatic heterocycles. The van der Waals surface area contributed by atoms with Crippen molar-refractivity contribution in [1.29, 1.82) is 0 Å². The van der Waals surface area contributed by atoms with Crippen molar-refractivity contribution in [2.75, 3.05) is 7.11 Å². The van der Waals surface area contributed by atoms with Crippen LogP contribution in [0.25, 0.3) is 5.73 Å². The van der Waals surface area contributed by atoms with Crippen LogP contribution in [0.2, 0.25) is 0 Å². The molecule has 0 unspecified atom stereocenters. The maximum absolute atomic E-state index is 10.9. The Hall–Kier alpha value is -1.44. The number of hydrogen-bond donors (Lipinski definition) is 0. The number of benzene rings is 2. The van der Waals surface area contributed by atoms with Crippen LogP contribution in [0.1, 0.15) is 15.9 Å². The molecule has 0 bridgehead atoms. The molecule has 2 rings (SSSR count). The molecule has 0 atom stereocenters. The molecule has 0 saturated heterocycles. The molecule has 0 heterocycles. The van der Waals surface area contributed by atoms with E-state index >= 15 is 0 Å². The van der Waals surface area contributed by atoms with Crippen molar-refractivity contribution in [3.05, 3.63) is 77.5 Å². The monoisotopic (exact) mass is 425 g/mol. The second-order valence-corrected chi connectivity index (χ2v) is 3.44. The molecule has 98 valence electrons. The summed E-state index contributed by atoms with van der Waals surface area (Å²) in [6.07, 6.45) is 0. The molecular weight excluding hydrogens is 410 g/mol. The van der Waals surface area contributed by atoms with Crippen molar-refractivity contribution in [1.82, 2.24) is 0 Å². The number of ether oxygens (including phenoxy) is 1. The van der Waals surface area contributed by atoms with E-state index in [1.807, 2.05) is 30.3 Å². The fraction of sp³-hybridized carbons (Fsp3) is 0.133. The minimum absolute atomic E-state index is 0. The molecule has 2 aromatic carbocycles. The van der Waals surface area contributed by atoms with Gasteiger partial charge >= 0.3 is 27.0 Å². The Morgan fingerprint density at radius 3 is 2.05 bits per heavy atom. The molecule has 0 amide bonds. The number of rotatable bonds is 2.